The fourth-order valence-electron chi connectivity index (χ4n) is 5.07. The standard InChI is InChI=1S/C30H36N6O/c1-4-28-27(12-10-23(18-31)9-8-22(3)32)29(34-20-33-28)24-11-13-26(21(2)17-24)30(37)36-16-15-35-14-6-5-7-25(35)19-36/h8-9,11,13,17-18,20,25H,3-7,14-16,19,31-32H2,1-2H3/b9-8-,23-18+. The van der Waals surface area contributed by atoms with Gasteiger partial charge in [0.05, 0.1) is 17.0 Å². The zero-order chi connectivity index (χ0) is 26.4. The van der Waals surface area contributed by atoms with E-state index in [1.165, 1.54) is 25.5 Å². The Hall–Kier alpha value is -3.89. The third-order valence-corrected chi connectivity index (χ3v) is 7.10. The highest BCUT2D eigenvalue weighted by Crippen LogP contribution is 2.27. The molecule has 7 nitrogen and oxygen atoms in total. The number of amides is 1. The van der Waals surface area contributed by atoms with Crippen molar-refractivity contribution in [1.29, 1.82) is 0 Å². The van der Waals surface area contributed by atoms with Crippen molar-refractivity contribution >= 4 is 5.91 Å². The minimum absolute atomic E-state index is 0.109. The third kappa shape index (κ3) is 6.10. The second kappa shape index (κ2) is 11.9. The molecule has 4 rings (SSSR count). The van der Waals surface area contributed by atoms with Crippen LogP contribution in [-0.2, 0) is 6.42 Å². The number of benzene rings is 1. The van der Waals surface area contributed by atoms with Crippen LogP contribution >= 0.6 is 0 Å². The van der Waals surface area contributed by atoms with Gasteiger partial charge < -0.3 is 16.4 Å². The van der Waals surface area contributed by atoms with Gasteiger partial charge >= 0.3 is 0 Å². The lowest BCUT2D eigenvalue weighted by atomic mass is 9.96. The van der Waals surface area contributed by atoms with Crippen LogP contribution in [0.25, 0.3) is 11.3 Å². The Kier molecular flexibility index (Phi) is 8.42. The SMILES string of the molecule is C=C(N)/C=C\C(C#Cc1c(CC)ncnc1-c1ccc(C(=O)N2CCN3CCCCC3C2)c(C)c1)=C/N. The van der Waals surface area contributed by atoms with Crippen molar-refractivity contribution in [2.24, 2.45) is 11.5 Å². The highest BCUT2D eigenvalue weighted by molar-refractivity contribution is 5.96. The Morgan fingerprint density at radius 1 is 1.22 bits per heavy atom. The highest BCUT2D eigenvalue weighted by Gasteiger charge is 2.31. The van der Waals surface area contributed by atoms with Crippen LogP contribution in [0.15, 0.2) is 60.7 Å². The number of fused-ring (bicyclic) bond motifs is 1. The number of allylic oxidation sites excluding steroid dienone is 3. The van der Waals surface area contributed by atoms with Gasteiger partial charge in [-0.25, -0.2) is 9.97 Å². The van der Waals surface area contributed by atoms with E-state index in [9.17, 15) is 4.79 Å². The van der Waals surface area contributed by atoms with Crippen LogP contribution in [0.2, 0.25) is 0 Å². The summed E-state index contributed by atoms with van der Waals surface area (Å²) in [7, 11) is 0. The minimum Gasteiger partial charge on any atom is -0.404 e. The van der Waals surface area contributed by atoms with Gasteiger partial charge in [-0.15, -0.1) is 0 Å². The van der Waals surface area contributed by atoms with Gasteiger partial charge in [-0.2, -0.15) is 0 Å². The Labute approximate surface area is 220 Å². The molecule has 0 spiro atoms. The van der Waals surface area contributed by atoms with Gasteiger partial charge in [0, 0.05) is 54.3 Å². The topological polar surface area (TPSA) is 101 Å². The molecule has 7 heteroatoms. The molecule has 4 N–H and O–H groups in total. The van der Waals surface area contributed by atoms with Gasteiger partial charge in [0.25, 0.3) is 5.91 Å². The molecule has 0 saturated carbocycles. The predicted octanol–water partition coefficient (Wildman–Crippen LogP) is 3.55. The average Bonchev–Trinajstić information content (AvgIpc) is 2.92. The van der Waals surface area contributed by atoms with Crippen molar-refractivity contribution in [2.45, 2.75) is 45.6 Å². The molecule has 0 aliphatic carbocycles. The largest absolute Gasteiger partial charge is 0.404 e. The summed E-state index contributed by atoms with van der Waals surface area (Å²) in [6.45, 7) is 11.4. The van der Waals surface area contributed by atoms with E-state index >= 15 is 0 Å². The van der Waals surface area contributed by atoms with Gasteiger partial charge in [-0.1, -0.05) is 37.8 Å². The first kappa shape index (κ1) is 26.2. The van der Waals surface area contributed by atoms with E-state index in [-0.39, 0.29) is 5.91 Å². The van der Waals surface area contributed by atoms with Crippen LogP contribution < -0.4 is 11.5 Å². The van der Waals surface area contributed by atoms with Crippen molar-refractivity contribution < 1.29 is 4.79 Å². The summed E-state index contributed by atoms with van der Waals surface area (Å²) in [5.74, 6) is 6.42. The van der Waals surface area contributed by atoms with Gasteiger partial charge in [0.15, 0.2) is 0 Å². The molecule has 0 radical (unpaired) electrons. The molecule has 0 bridgehead atoms. The predicted molar refractivity (Wildman–Crippen MR) is 148 cm³/mol. The number of nitrogens with zero attached hydrogens (tertiary/aromatic N) is 4. The van der Waals surface area contributed by atoms with Crippen molar-refractivity contribution in [3.05, 3.63) is 83.1 Å². The van der Waals surface area contributed by atoms with E-state index in [1.807, 2.05) is 36.9 Å². The average molecular weight is 497 g/mol. The molecule has 1 unspecified atom stereocenters. The van der Waals surface area contributed by atoms with Crippen molar-refractivity contribution in [3.63, 3.8) is 0 Å². The van der Waals surface area contributed by atoms with Gasteiger partial charge in [0.1, 0.15) is 6.33 Å². The van der Waals surface area contributed by atoms with Crippen LogP contribution in [0, 0.1) is 18.8 Å². The Balaban J connectivity index is 1.62. The molecule has 192 valence electrons. The fraction of sp³-hybridized carbons (Fsp3) is 0.367. The van der Waals surface area contributed by atoms with E-state index in [2.05, 4.69) is 33.3 Å². The number of carbonyl (C=O) groups excluding carboxylic acids is 1. The first-order valence-electron chi connectivity index (χ1n) is 13.0. The summed E-state index contributed by atoms with van der Waals surface area (Å²) in [5, 5.41) is 0. The number of aryl methyl sites for hydroxylation is 2. The number of nitrogens with two attached hydrogens (primary N) is 2. The van der Waals surface area contributed by atoms with E-state index in [0.29, 0.717) is 23.7 Å². The number of carbonyl (C=O) groups is 1. The Bertz CT molecular complexity index is 1300. The quantitative estimate of drug-likeness (QED) is 0.485. The molecular weight excluding hydrogens is 460 g/mol. The lowest BCUT2D eigenvalue weighted by Crippen LogP contribution is -2.56. The highest BCUT2D eigenvalue weighted by atomic mass is 16.2. The molecule has 1 aromatic carbocycles. The van der Waals surface area contributed by atoms with Crippen LogP contribution in [-0.4, -0.2) is 57.9 Å². The lowest BCUT2D eigenvalue weighted by molar-refractivity contribution is 0.0372. The molecule has 2 aliphatic heterocycles. The second-order valence-corrected chi connectivity index (χ2v) is 9.64. The van der Waals surface area contributed by atoms with Gasteiger partial charge in [-0.3, -0.25) is 9.69 Å². The zero-order valence-corrected chi connectivity index (χ0v) is 21.8. The van der Waals surface area contributed by atoms with E-state index in [4.69, 9.17) is 11.5 Å². The van der Waals surface area contributed by atoms with E-state index in [1.54, 1.807) is 18.5 Å². The summed E-state index contributed by atoms with van der Waals surface area (Å²) < 4.78 is 0. The fourth-order valence-corrected chi connectivity index (χ4v) is 5.07. The van der Waals surface area contributed by atoms with E-state index in [0.717, 1.165) is 59.8 Å². The maximum absolute atomic E-state index is 13.5. The van der Waals surface area contributed by atoms with Crippen LogP contribution in [0.5, 0.6) is 0 Å². The summed E-state index contributed by atoms with van der Waals surface area (Å²) >= 11 is 0. The number of piperazine rings is 1. The molecule has 2 aromatic rings. The summed E-state index contributed by atoms with van der Waals surface area (Å²) in [6, 6.07) is 6.40. The van der Waals surface area contributed by atoms with Crippen molar-refractivity contribution in [2.75, 3.05) is 26.2 Å². The molecule has 1 atom stereocenters. The van der Waals surface area contributed by atoms with Crippen LogP contribution in [0.3, 0.4) is 0 Å². The molecule has 37 heavy (non-hydrogen) atoms. The monoisotopic (exact) mass is 496 g/mol. The van der Waals surface area contributed by atoms with Crippen molar-refractivity contribution in [1.82, 2.24) is 19.8 Å². The molecule has 1 amide bonds. The molecule has 3 heterocycles. The van der Waals surface area contributed by atoms with Crippen molar-refractivity contribution in [3.8, 4) is 23.1 Å². The second-order valence-electron chi connectivity index (χ2n) is 9.64. The number of rotatable bonds is 5. The maximum atomic E-state index is 13.5. The molecule has 1 aromatic heterocycles. The lowest BCUT2D eigenvalue weighted by Gasteiger charge is -2.44. The molecular formula is C30H36N6O. The summed E-state index contributed by atoms with van der Waals surface area (Å²) in [6.07, 6.45) is 10.8. The Morgan fingerprint density at radius 2 is 2.05 bits per heavy atom. The molecule has 2 fully saturated rings. The van der Waals surface area contributed by atoms with Crippen LogP contribution in [0.4, 0.5) is 0 Å². The summed E-state index contributed by atoms with van der Waals surface area (Å²) in [5.41, 5.74) is 17.3. The van der Waals surface area contributed by atoms with Crippen LogP contribution in [0.1, 0.15) is 53.4 Å². The van der Waals surface area contributed by atoms with Gasteiger partial charge in [0.2, 0.25) is 0 Å². The third-order valence-electron chi connectivity index (χ3n) is 7.10. The number of piperidine rings is 1. The minimum atomic E-state index is 0.109. The maximum Gasteiger partial charge on any atom is 0.254 e. The van der Waals surface area contributed by atoms with Gasteiger partial charge in [-0.05, 0) is 62.6 Å². The molecule has 2 saturated heterocycles. The zero-order valence-electron chi connectivity index (χ0n) is 21.8. The normalized spacial score (nSPS) is 18.3. The summed E-state index contributed by atoms with van der Waals surface area (Å²) in [4.78, 5) is 27.0. The molecule has 2 aliphatic rings. The number of hydrogen-bond donors (Lipinski definition) is 2. The van der Waals surface area contributed by atoms with E-state index < -0.39 is 0 Å². The smallest absolute Gasteiger partial charge is 0.254 e. The number of aromatic nitrogens is 2. The Morgan fingerprint density at radius 3 is 2.78 bits per heavy atom. The first-order chi connectivity index (χ1) is 17.9. The first-order valence-corrected chi connectivity index (χ1v) is 13.0. The number of hydrogen-bond acceptors (Lipinski definition) is 6.